The summed E-state index contributed by atoms with van der Waals surface area (Å²) in [5.74, 6) is 6.87. The molecule has 6 nitrogen and oxygen atoms in total. The summed E-state index contributed by atoms with van der Waals surface area (Å²) in [6, 6.07) is 6.13. The second-order valence-electron chi connectivity index (χ2n) is 4.19. The Morgan fingerprint density at radius 2 is 1.89 bits per heavy atom. The molecule has 0 saturated heterocycles. The Kier molecular flexibility index (Phi) is 3.82. The minimum Gasteiger partial charge on any atom is -0.490 e. The van der Waals surface area contributed by atoms with Crippen LogP contribution in [0.25, 0.3) is 0 Å². The van der Waals surface area contributed by atoms with Crippen molar-refractivity contribution in [3.05, 3.63) is 35.7 Å². The fourth-order valence-electron chi connectivity index (χ4n) is 1.84. The zero-order valence-electron chi connectivity index (χ0n) is 11.2. The predicted molar refractivity (Wildman–Crippen MR) is 75.6 cm³/mol. The van der Waals surface area contributed by atoms with Crippen LogP contribution in [-0.4, -0.2) is 17.1 Å². The maximum absolute atomic E-state index is 5.39. The minimum absolute atomic E-state index is 0.435. The van der Waals surface area contributed by atoms with Crippen LogP contribution in [0.15, 0.2) is 24.5 Å². The molecule has 1 aromatic carbocycles. The third kappa shape index (κ3) is 2.74. The molecule has 0 spiro atoms. The van der Waals surface area contributed by atoms with Crippen molar-refractivity contribution in [1.82, 2.24) is 9.97 Å². The summed E-state index contributed by atoms with van der Waals surface area (Å²) in [5.41, 5.74) is 5.78. The van der Waals surface area contributed by atoms with Gasteiger partial charge in [0, 0.05) is 5.69 Å². The molecule has 2 rings (SSSR count). The van der Waals surface area contributed by atoms with Crippen LogP contribution in [0.2, 0.25) is 0 Å². The summed E-state index contributed by atoms with van der Waals surface area (Å²) in [6.45, 7) is 4.09. The van der Waals surface area contributed by atoms with Crippen LogP contribution in [-0.2, 0) is 0 Å². The number of aromatic nitrogens is 2. The third-order valence-electron chi connectivity index (χ3n) is 2.78. The lowest BCUT2D eigenvalue weighted by molar-refractivity contribution is 0.415. The van der Waals surface area contributed by atoms with E-state index >= 15 is 0 Å². The molecule has 100 valence electrons. The van der Waals surface area contributed by atoms with E-state index in [0.29, 0.717) is 17.4 Å². The van der Waals surface area contributed by atoms with Crippen LogP contribution >= 0.6 is 0 Å². The van der Waals surface area contributed by atoms with Gasteiger partial charge in [-0.1, -0.05) is 17.7 Å². The highest BCUT2D eigenvalue weighted by atomic mass is 16.5. The fraction of sp³-hybridized carbons (Fsp3) is 0.231. The summed E-state index contributed by atoms with van der Waals surface area (Å²) in [5, 5.41) is 3.22. The number of ether oxygens (including phenoxy) is 1. The van der Waals surface area contributed by atoms with Crippen molar-refractivity contribution >= 4 is 17.3 Å². The van der Waals surface area contributed by atoms with E-state index < -0.39 is 0 Å². The molecule has 0 aliphatic carbocycles. The number of hydrazine groups is 1. The fourth-order valence-corrected chi connectivity index (χ4v) is 1.84. The third-order valence-corrected chi connectivity index (χ3v) is 2.78. The van der Waals surface area contributed by atoms with Gasteiger partial charge in [-0.15, -0.1) is 0 Å². The van der Waals surface area contributed by atoms with E-state index in [2.05, 4.69) is 33.7 Å². The van der Waals surface area contributed by atoms with Gasteiger partial charge < -0.3 is 15.5 Å². The van der Waals surface area contributed by atoms with Crippen molar-refractivity contribution in [3.63, 3.8) is 0 Å². The highest BCUT2D eigenvalue weighted by molar-refractivity contribution is 5.70. The van der Waals surface area contributed by atoms with Crippen molar-refractivity contribution in [2.24, 2.45) is 5.84 Å². The van der Waals surface area contributed by atoms with Crippen LogP contribution in [0.3, 0.4) is 0 Å². The number of nitrogens with zero attached hydrogens (tertiary/aromatic N) is 2. The summed E-state index contributed by atoms with van der Waals surface area (Å²) < 4.78 is 5.27. The van der Waals surface area contributed by atoms with Gasteiger partial charge >= 0.3 is 0 Å². The van der Waals surface area contributed by atoms with Crippen LogP contribution in [0, 0.1) is 13.8 Å². The summed E-state index contributed by atoms with van der Waals surface area (Å²) in [6.07, 6.45) is 1.42. The van der Waals surface area contributed by atoms with Crippen LogP contribution in [0.5, 0.6) is 5.75 Å². The van der Waals surface area contributed by atoms with Crippen molar-refractivity contribution in [2.75, 3.05) is 17.9 Å². The maximum Gasteiger partial charge on any atom is 0.205 e. The molecular weight excluding hydrogens is 242 g/mol. The Hall–Kier alpha value is -2.34. The first-order valence-electron chi connectivity index (χ1n) is 5.85. The second kappa shape index (κ2) is 5.53. The van der Waals surface area contributed by atoms with Crippen LogP contribution in [0.1, 0.15) is 11.1 Å². The summed E-state index contributed by atoms with van der Waals surface area (Å²) in [7, 11) is 1.55. The van der Waals surface area contributed by atoms with Gasteiger partial charge in [-0.25, -0.2) is 15.8 Å². The van der Waals surface area contributed by atoms with Crippen molar-refractivity contribution < 1.29 is 4.74 Å². The van der Waals surface area contributed by atoms with E-state index in [9.17, 15) is 0 Å². The zero-order chi connectivity index (χ0) is 13.8. The van der Waals surface area contributed by atoms with Gasteiger partial charge in [0.1, 0.15) is 6.33 Å². The number of nitrogen functional groups attached to an aromatic ring is 1. The lowest BCUT2D eigenvalue weighted by Crippen LogP contribution is -2.11. The van der Waals surface area contributed by atoms with Crippen LogP contribution in [0.4, 0.5) is 17.3 Å². The monoisotopic (exact) mass is 259 g/mol. The molecule has 0 aliphatic rings. The molecule has 6 heteroatoms. The van der Waals surface area contributed by atoms with Crippen molar-refractivity contribution in [1.29, 1.82) is 0 Å². The van der Waals surface area contributed by atoms with Gasteiger partial charge in [0.05, 0.1) is 7.11 Å². The molecule has 1 heterocycles. The number of nitrogens with one attached hydrogen (secondary N) is 2. The van der Waals surface area contributed by atoms with Gasteiger partial charge in [-0.05, 0) is 25.5 Å². The average molecular weight is 259 g/mol. The summed E-state index contributed by atoms with van der Waals surface area (Å²) in [4.78, 5) is 8.17. The van der Waals surface area contributed by atoms with E-state index in [0.717, 1.165) is 11.3 Å². The van der Waals surface area contributed by atoms with Gasteiger partial charge in [0.25, 0.3) is 0 Å². The number of hydrogen-bond acceptors (Lipinski definition) is 6. The molecule has 0 bridgehead atoms. The van der Waals surface area contributed by atoms with Gasteiger partial charge in [0.2, 0.25) is 5.75 Å². The quantitative estimate of drug-likeness (QED) is 0.576. The number of rotatable bonds is 4. The first-order valence-corrected chi connectivity index (χ1v) is 5.85. The first-order chi connectivity index (χ1) is 9.15. The Morgan fingerprint density at radius 1 is 1.16 bits per heavy atom. The molecule has 0 amide bonds. The Balaban J connectivity index is 2.37. The molecule has 2 aromatic rings. The lowest BCUT2D eigenvalue weighted by Gasteiger charge is -2.14. The van der Waals surface area contributed by atoms with Gasteiger partial charge in [-0.2, -0.15) is 0 Å². The SMILES string of the molecule is COc1c(NN)ncnc1Nc1ccc(C)cc1C. The average Bonchev–Trinajstić information content (AvgIpc) is 2.41. The van der Waals surface area contributed by atoms with Crippen molar-refractivity contribution in [2.45, 2.75) is 13.8 Å². The molecule has 0 radical (unpaired) electrons. The topological polar surface area (TPSA) is 85.1 Å². The van der Waals surface area contributed by atoms with E-state index in [4.69, 9.17) is 10.6 Å². The summed E-state index contributed by atoms with van der Waals surface area (Å²) >= 11 is 0. The molecule has 1 aromatic heterocycles. The Bertz CT molecular complexity index is 585. The molecule has 0 aliphatic heterocycles. The standard InChI is InChI=1S/C13H17N5O/c1-8-4-5-10(9(2)6-8)17-12-11(19-3)13(18-14)16-7-15-12/h4-7H,14H2,1-3H3,(H2,15,16,17,18). The largest absolute Gasteiger partial charge is 0.490 e. The highest BCUT2D eigenvalue weighted by Gasteiger charge is 2.12. The molecule has 0 saturated carbocycles. The van der Waals surface area contributed by atoms with Gasteiger partial charge in [-0.3, -0.25) is 0 Å². The molecule has 0 fully saturated rings. The number of anilines is 3. The number of benzene rings is 1. The molecule has 0 unspecified atom stereocenters. The van der Waals surface area contributed by atoms with Crippen molar-refractivity contribution in [3.8, 4) is 5.75 Å². The maximum atomic E-state index is 5.39. The van der Waals surface area contributed by atoms with Crippen LogP contribution < -0.4 is 21.3 Å². The first kappa shape index (κ1) is 13.1. The second-order valence-corrected chi connectivity index (χ2v) is 4.19. The Morgan fingerprint density at radius 3 is 2.53 bits per heavy atom. The number of aryl methyl sites for hydroxylation is 2. The zero-order valence-corrected chi connectivity index (χ0v) is 11.2. The van der Waals surface area contributed by atoms with E-state index in [-0.39, 0.29) is 0 Å². The van der Waals surface area contributed by atoms with E-state index in [1.165, 1.54) is 11.9 Å². The smallest absolute Gasteiger partial charge is 0.205 e. The van der Waals surface area contributed by atoms with E-state index in [1.807, 2.05) is 19.1 Å². The highest BCUT2D eigenvalue weighted by Crippen LogP contribution is 2.31. The van der Waals surface area contributed by atoms with E-state index in [1.54, 1.807) is 7.11 Å². The molecule has 0 atom stereocenters. The molecule has 19 heavy (non-hydrogen) atoms. The van der Waals surface area contributed by atoms with Gasteiger partial charge in [0.15, 0.2) is 11.6 Å². The minimum atomic E-state index is 0.435. The number of nitrogens with two attached hydrogens (primary N) is 1. The number of methoxy groups -OCH3 is 1. The Labute approximate surface area is 112 Å². The predicted octanol–water partition coefficient (Wildman–Crippen LogP) is 2.13. The molecular formula is C13H17N5O. The lowest BCUT2D eigenvalue weighted by atomic mass is 10.1. The normalized spacial score (nSPS) is 10.1. The number of hydrogen-bond donors (Lipinski definition) is 3. The molecule has 4 N–H and O–H groups in total.